The number of nitro groups is 1. The molecule has 1 aromatic rings. The Morgan fingerprint density at radius 3 is 2.95 bits per heavy atom. The normalized spacial score (nSPS) is 23.4. The predicted molar refractivity (Wildman–Crippen MR) is 69.3 cm³/mol. The number of nitrogens with zero attached hydrogens (tertiary/aromatic N) is 3. The summed E-state index contributed by atoms with van der Waals surface area (Å²) in [5.41, 5.74) is 0.596. The van der Waals surface area contributed by atoms with Crippen LogP contribution in [0, 0.1) is 17.0 Å². The maximum Gasteiger partial charge on any atom is 0.290 e. The van der Waals surface area contributed by atoms with Gasteiger partial charge in [-0.2, -0.15) is 0 Å². The average molecular weight is 267 g/mol. The van der Waals surface area contributed by atoms with Crippen LogP contribution in [0.4, 0.5) is 11.5 Å². The lowest BCUT2D eigenvalue weighted by molar-refractivity contribution is -0.385. The van der Waals surface area contributed by atoms with Crippen molar-refractivity contribution < 1.29 is 14.8 Å². The summed E-state index contributed by atoms with van der Waals surface area (Å²) < 4.78 is 5.55. The zero-order valence-electron chi connectivity index (χ0n) is 10.9. The molecule has 2 atom stereocenters. The van der Waals surface area contributed by atoms with Crippen molar-refractivity contribution in [3.63, 3.8) is 0 Å². The van der Waals surface area contributed by atoms with E-state index in [-0.39, 0.29) is 24.5 Å². The fourth-order valence-electron chi connectivity index (χ4n) is 2.23. The molecular formula is C12H17N3O4. The van der Waals surface area contributed by atoms with E-state index in [1.807, 2.05) is 11.8 Å². The van der Waals surface area contributed by atoms with Gasteiger partial charge >= 0.3 is 0 Å². The van der Waals surface area contributed by atoms with Crippen molar-refractivity contribution in [2.75, 3.05) is 24.6 Å². The molecule has 104 valence electrons. The molecular weight excluding hydrogens is 250 g/mol. The van der Waals surface area contributed by atoms with Gasteiger partial charge in [-0.3, -0.25) is 10.1 Å². The zero-order valence-corrected chi connectivity index (χ0v) is 10.9. The molecule has 7 nitrogen and oxygen atoms in total. The van der Waals surface area contributed by atoms with Crippen LogP contribution in [0.15, 0.2) is 12.3 Å². The average Bonchev–Trinajstić information content (AvgIpc) is 2.37. The molecule has 1 N–H and O–H groups in total. The van der Waals surface area contributed by atoms with Crippen LogP contribution in [0.5, 0.6) is 0 Å². The molecule has 2 heterocycles. The lowest BCUT2D eigenvalue weighted by Crippen LogP contribution is -2.48. The van der Waals surface area contributed by atoms with Gasteiger partial charge in [-0.1, -0.05) is 0 Å². The van der Waals surface area contributed by atoms with E-state index < -0.39 is 4.92 Å². The first-order chi connectivity index (χ1) is 9.01. The van der Waals surface area contributed by atoms with Crippen molar-refractivity contribution in [3.8, 4) is 0 Å². The van der Waals surface area contributed by atoms with Crippen LogP contribution in [-0.4, -0.2) is 46.9 Å². The molecule has 1 aliphatic rings. The quantitative estimate of drug-likeness (QED) is 0.646. The van der Waals surface area contributed by atoms with Gasteiger partial charge in [-0.25, -0.2) is 4.98 Å². The molecule has 1 saturated heterocycles. The fraction of sp³-hybridized carbons (Fsp3) is 0.583. The van der Waals surface area contributed by atoms with Gasteiger partial charge in [-0.15, -0.1) is 0 Å². The van der Waals surface area contributed by atoms with Crippen LogP contribution in [0.2, 0.25) is 0 Å². The van der Waals surface area contributed by atoms with Crippen LogP contribution in [0.1, 0.15) is 12.5 Å². The van der Waals surface area contributed by atoms with Gasteiger partial charge in [0.15, 0.2) is 0 Å². The Bertz CT molecular complexity index is 480. The van der Waals surface area contributed by atoms with Gasteiger partial charge in [0.2, 0.25) is 0 Å². The zero-order chi connectivity index (χ0) is 14.0. The Balaban J connectivity index is 2.21. The highest BCUT2D eigenvalue weighted by Gasteiger charge is 2.26. The lowest BCUT2D eigenvalue weighted by atomic mass is 10.2. The number of morpholine rings is 1. The first-order valence-corrected chi connectivity index (χ1v) is 6.13. The first-order valence-electron chi connectivity index (χ1n) is 6.13. The largest absolute Gasteiger partial charge is 0.394 e. The number of aromatic nitrogens is 1. The van der Waals surface area contributed by atoms with Crippen molar-refractivity contribution in [1.82, 2.24) is 4.98 Å². The van der Waals surface area contributed by atoms with E-state index in [9.17, 15) is 15.2 Å². The second-order valence-electron chi connectivity index (χ2n) is 4.74. The maximum absolute atomic E-state index is 10.8. The number of anilines is 1. The van der Waals surface area contributed by atoms with Gasteiger partial charge in [-0.05, 0) is 19.9 Å². The summed E-state index contributed by atoms with van der Waals surface area (Å²) in [4.78, 5) is 16.4. The Hall–Kier alpha value is -1.73. The van der Waals surface area contributed by atoms with Crippen LogP contribution >= 0.6 is 0 Å². The SMILES string of the molecule is Cc1cc(N2CC(C)OC(CO)C2)ncc1[N+](=O)[O-]. The Morgan fingerprint density at radius 2 is 2.37 bits per heavy atom. The molecule has 2 rings (SSSR count). The summed E-state index contributed by atoms with van der Waals surface area (Å²) in [6.07, 6.45) is 1.02. The highest BCUT2D eigenvalue weighted by molar-refractivity contribution is 5.49. The molecule has 19 heavy (non-hydrogen) atoms. The van der Waals surface area contributed by atoms with E-state index in [4.69, 9.17) is 4.74 Å². The number of aliphatic hydroxyl groups excluding tert-OH is 1. The van der Waals surface area contributed by atoms with E-state index >= 15 is 0 Å². The molecule has 1 aromatic heterocycles. The molecule has 0 amide bonds. The summed E-state index contributed by atoms with van der Waals surface area (Å²) >= 11 is 0. The van der Waals surface area contributed by atoms with E-state index in [1.165, 1.54) is 6.20 Å². The van der Waals surface area contributed by atoms with E-state index in [0.29, 0.717) is 24.5 Å². The second kappa shape index (κ2) is 5.50. The van der Waals surface area contributed by atoms with Crippen LogP contribution in [0.25, 0.3) is 0 Å². The van der Waals surface area contributed by atoms with Crippen molar-refractivity contribution in [3.05, 3.63) is 27.9 Å². The van der Waals surface area contributed by atoms with E-state index in [1.54, 1.807) is 13.0 Å². The molecule has 1 fully saturated rings. The highest BCUT2D eigenvalue weighted by Crippen LogP contribution is 2.23. The number of rotatable bonds is 3. The number of ether oxygens (including phenoxy) is 1. The molecule has 0 saturated carbocycles. The number of aryl methyl sites for hydroxylation is 1. The van der Waals surface area contributed by atoms with Crippen LogP contribution < -0.4 is 4.90 Å². The third-order valence-electron chi connectivity index (χ3n) is 3.12. The van der Waals surface area contributed by atoms with Gasteiger partial charge in [0, 0.05) is 18.7 Å². The molecule has 0 aliphatic carbocycles. The Labute approximate surface area is 111 Å². The number of hydrogen-bond donors (Lipinski definition) is 1. The molecule has 0 aromatic carbocycles. The second-order valence-corrected chi connectivity index (χ2v) is 4.74. The number of aliphatic hydroxyl groups is 1. The van der Waals surface area contributed by atoms with E-state index in [0.717, 1.165) is 0 Å². The number of hydrogen-bond acceptors (Lipinski definition) is 6. The van der Waals surface area contributed by atoms with Crippen molar-refractivity contribution in [2.45, 2.75) is 26.1 Å². The Morgan fingerprint density at radius 1 is 1.63 bits per heavy atom. The minimum atomic E-state index is -0.440. The summed E-state index contributed by atoms with van der Waals surface area (Å²) in [6.45, 7) is 4.75. The molecule has 1 aliphatic heterocycles. The highest BCUT2D eigenvalue weighted by atomic mass is 16.6. The van der Waals surface area contributed by atoms with Crippen LogP contribution in [0.3, 0.4) is 0 Å². The van der Waals surface area contributed by atoms with Crippen molar-refractivity contribution in [1.29, 1.82) is 0 Å². The molecule has 2 unspecified atom stereocenters. The monoisotopic (exact) mass is 267 g/mol. The van der Waals surface area contributed by atoms with Gasteiger partial charge in [0.1, 0.15) is 12.0 Å². The standard InChI is InChI=1S/C12H17N3O4/c1-8-3-12(13-4-11(8)15(17)18)14-5-9(2)19-10(6-14)7-16/h3-4,9-10,16H,5-7H2,1-2H3. The third-order valence-corrected chi connectivity index (χ3v) is 3.12. The predicted octanol–water partition coefficient (Wildman–Crippen LogP) is 0.884. The smallest absolute Gasteiger partial charge is 0.290 e. The summed E-state index contributed by atoms with van der Waals surface area (Å²) in [5, 5.41) is 19.9. The van der Waals surface area contributed by atoms with E-state index in [2.05, 4.69) is 4.98 Å². The summed E-state index contributed by atoms with van der Waals surface area (Å²) in [6, 6.07) is 1.70. The van der Waals surface area contributed by atoms with Crippen molar-refractivity contribution >= 4 is 11.5 Å². The lowest BCUT2D eigenvalue weighted by Gasteiger charge is -2.36. The molecule has 0 radical (unpaired) electrons. The third kappa shape index (κ3) is 2.99. The van der Waals surface area contributed by atoms with Gasteiger partial charge in [0.05, 0.1) is 23.7 Å². The van der Waals surface area contributed by atoms with Crippen LogP contribution in [-0.2, 0) is 4.74 Å². The maximum atomic E-state index is 10.8. The fourth-order valence-corrected chi connectivity index (χ4v) is 2.23. The van der Waals surface area contributed by atoms with Gasteiger partial charge in [0.25, 0.3) is 5.69 Å². The minimum absolute atomic E-state index is 0.0109. The summed E-state index contributed by atoms with van der Waals surface area (Å²) in [5.74, 6) is 0.678. The minimum Gasteiger partial charge on any atom is -0.394 e. The molecule has 7 heteroatoms. The first kappa shape index (κ1) is 13.7. The molecule has 0 bridgehead atoms. The Kier molecular flexibility index (Phi) is 3.96. The van der Waals surface area contributed by atoms with Gasteiger partial charge < -0.3 is 14.7 Å². The summed E-state index contributed by atoms with van der Waals surface area (Å²) in [7, 11) is 0. The van der Waals surface area contributed by atoms with Crippen molar-refractivity contribution in [2.24, 2.45) is 0 Å². The molecule has 0 spiro atoms. The topological polar surface area (TPSA) is 88.7 Å². The number of pyridine rings is 1.